The number of carbonyl (C=O) groups excluding carboxylic acids is 1. The van der Waals surface area contributed by atoms with E-state index in [2.05, 4.69) is 21.1 Å². The van der Waals surface area contributed by atoms with E-state index in [9.17, 15) is 4.79 Å². The second-order valence-corrected chi connectivity index (χ2v) is 6.71. The molecule has 4 nitrogen and oxygen atoms in total. The molecule has 0 spiro atoms. The van der Waals surface area contributed by atoms with E-state index in [-0.39, 0.29) is 11.8 Å². The molecule has 5 heteroatoms. The first-order valence-corrected chi connectivity index (χ1v) is 8.39. The van der Waals surface area contributed by atoms with Gasteiger partial charge in [-0.3, -0.25) is 4.79 Å². The summed E-state index contributed by atoms with van der Waals surface area (Å²) in [6.45, 7) is 1.03. The topological polar surface area (TPSA) is 46.9 Å². The lowest BCUT2D eigenvalue weighted by molar-refractivity contribution is -0.122. The van der Waals surface area contributed by atoms with Gasteiger partial charge in [-0.05, 0) is 25.0 Å². The highest BCUT2D eigenvalue weighted by molar-refractivity contribution is 7.99. The van der Waals surface area contributed by atoms with Crippen molar-refractivity contribution in [2.45, 2.75) is 31.0 Å². The van der Waals surface area contributed by atoms with E-state index in [1.807, 2.05) is 24.3 Å². The molecule has 4 rings (SSSR count). The quantitative estimate of drug-likeness (QED) is 0.945. The molecule has 0 atom stereocenters. The van der Waals surface area contributed by atoms with Gasteiger partial charge in [0, 0.05) is 35.7 Å². The molecule has 2 aromatic rings. The zero-order chi connectivity index (χ0) is 14.2. The molecule has 1 aromatic carbocycles. The molecule has 1 N–H and O–H groups in total. The fourth-order valence-electron chi connectivity index (χ4n) is 2.72. The molecule has 0 unspecified atom stereocenters. The number of thioether (sulfide) groups is 1. The van der Waals surface area contributed by atoms with E-state index in [4.69, 9.17) is 0 Å². The first-order chi connectivity index (χ1) is 10.3. The highest BCUT2D eigenvalue weighted by atomic mass is 32.2. The van der Waals surface area contributed by atoms with Gasteiger partial charge in [-0.2, -0.15) is 0 Å². The Bertz CT molecular complexity index is 669. The molecule has 2 heterocycles. The van der Waals surface area contributed by atoms with Crippen molar-refractivity contribution in [2.75, 3.05) is 11.1 Å². The minimum absolute atomic E-state index is 0.154. The summed E-state index contributed by atoms with van der Waals surface area (Å²) < 4.78 is 2.19. The Morgan fingerprint density at radius 1 is 1.38 bits per heavy atom. The van der Waals surface area contributed by atoms with Crippen LogP contribution in [0.25, 0.3) is 11.3 Å². The predicted molar refractivity (Wildman–Crippen MR) is 84.4 cm³/mol. The Morgan fingerprint density at radius 3 is 3.05 bits per heavy atom. The summed E-state index contributed by atoms with van der Waals surface area (Å²) in [6.07, 6.45) is 5.32. The number of rotatable bonds is 3. The summed E-state index contributed by atoms with van der Waals surface area (Å²) in [7, 11) is 0. The number of nitrogens with one attached hydrogen (secondary N) is 1. The highest BCUT2D eigenvalue weighted by Gasteiger charge is 2.25. The maximum atomic E-state index is 12.0. The zero-order valence-electron chi connectivity index (χ0n) is 11.7. The van der Waals surface area contributed by atoms with Crippen LogP contribution in [0.3, 0.4) is 0 Å². The molecule has 0 bridgehead atoms. The van der Waals surface area contributed by atoms with E-state index in [0.717, 1.165) is 47.2 Å². The number of anilines is 1. The first kappa shape index (κ1) is 13.0. The number of carbonyl (C=O) groups is 1. The van der Waals surface area contributed by atoms with Gasteiger partial charge in [-0.15, -0.1) is 0 Å². The lowest BCUT2D eigenvalue weighted by atomic mass is 9.85. The van der Waals surface area contributed by atoms with Crippen LogP contribution in [0.1, 0.15) is 19.3 Å². The van der Waals surface area contributed by atoms with Crippen LogP contribution >= 0.6 is 11.8 Å². The van der Waals surface area contributed by atoms with Crippen molar-refractivity contribution in [1.29, 1.82) is 0 Å². The second-order valence-electron chi connectivity index (χ2n) is 5.65. The van der Waals surface area contributed by atoms with Crippen LogP contribution in [-0.4, -0.2) is 21.2 Å². The zero-order valence-corrected chi connectivity index (χ0v) is 12.5. The number of amides is 1. The molecule has 1 fully saturated rings. The van der Waals surface area contributed by atoms with Crippen LogP contribution < -0.4 is 5.32 Å². The molecule has 2 aliphatic rings. The van der Waals surface area contributed by atoms with E-state index in [0.29, 0.717) is 0 Å². The lowest BCUT2D eigenvalue weighted by Gasteiger charge is -2.24. The van der Waals surface area contributed by atoms with Crippen LogP contribution in [0.2, 0.25) is 0 Å². The van der Waals surface area contributed by atoms with Crippen molar-refractivity contribution in [1.82, 2.24) is 9.55 Å². The number of hydrogen-bond donors (Lipinski definition) is 1. The van der Waals surface area contributed by atoms with Crippen molar-refractivity contribution in [2.24, 2.45) is 5.92 Å². The summed E-state index contributed by atoms with van der Waals surface area (Å²) in [5, 5.41) is 4.12. The third-order valence-electron chi connectivity index (χ3n) is 4.21. The van der Waals surface area contributed by atoms with Crippen molar-refractivity contribution in [3.05, 3.63) is 30.5 Å². The van der Waals surface area contributed by atoms with Crippen LogP contribution in [0.15, 0.2) is 35.6 Å². The largest absolute Gasteiger partial charge is 0.326 e. The Kier molecular flexibility index (Phi) is 3.22. The third-order valence-corrected chi connectivity index (χ3v) is 5.18. The average Bonchev–Trinajstić information content (AvgIpc) is 2.97. The maximum absolute atomic E-state index is 12.0. The normalized spacial score (nSPS) is 17.3. The van der Waals surface area contributed by atoms with Crippen molar-refractivity contribution < 1.29 is 4.79 Å². The maximum Gasteiger partial charge on any atom is 0.227 e. The molecule has 0 saturated heterocycles. The molecule has 1 aromatic heterocycles. The molecule has 1 aliphatic carbocycles. The minimum atomic E-state index is 0.154. The van der Waals surface area contributed by atoms with Gasteiger partial charge >= 0.3 is 0 Å². The Morgan fingerprint density at radius 2 is 2.29 bits per heavy atom. The number of nitrogens with zero attached hydrogens (tertiary/aromatic N) is 2. The number of fused-ring (bicyclic) bond motifs is 1. The number of hydrogen-bond acceptors (Lipinski definition) is 3. The van der Waals surface area contributed by atoms with Crippen molar-refractivity contribution >= 4 is 23.4 Å². The molecule has 1 aliphatic heterocycles. The molecule has 1 amide bonds. The third kappa shape index (κ3) is 2.46. The predicted octanol–water partition coefficient (Wildman–Crippen LogP) is 3.39. The van der Waals surface area contributed by atoms with Crippen molar-refractivity contribution in [3.8, 4) is 11.3 Å². The molecule has 0 radical (unpaired) electrons. The summed E-state index contributed by atoms with van der Waals surface area (Å²) in [6, 6.07) is 7.98. The van der Waals surface area contributed by atoms with Crippen LogP contribution in [0, 0.1) is 5.92 Å². The standard InChI is InChI=1S/C16H17N3OS/c20-15(11-3-1-4-11)17-13-6-2-5-12(9-13)14-10-19-7-8-21-16(19)18-14/h2,5-6,9-11H,1,3-4,7-8H2,(H,17,20). The van der Waals surface area contributed by atoms with Gasteiger partial charge in [0.1, 0.15) is 0 Å². The average molecular weight is 299 g/mol. The molecule has 108 valence electrons. The van der Waals surface area contributed by atoms with Crippen LogP contribution in [-0.2, 0) is 11.3 Å². The summed E-state index contributed by atoms with van der Waals surface area (Å²) in [5.41, 5.74) is 2.91. The highest BCUT2D eigenvalue weighted by Crippen LogP contribution is 2.31. The fraction of sp³-hybridized carbons (Fsp3) is 0.375. The van der Waals surface area contributed by atoms with E-state index >= 15 is 0 Å². The smallest absolute Gasteiger partial charge is 0.227 e. The Labute approximate surface area is 128 Å². The van der Waals surface area contributed by atoms with Gasteiger partial charge < -0.3 is 9.88 Å². The second kappa shape index (κ2) is 5.22. The van der Waals surface area contributed by atoms with E-state index in [1.54, 1.807) is 11.8 Å². The fourth-order valence-corrected chi connectivity index (χ4v) is 3.66. The van der Waals surface area contributed by atoms with E-state index < -0.39 is 0 Å². The van der Waals surface area contributed by atoms with Crippen molar-refractivity contribution in [3.63, 3.8) is 0 Å². The number of aryl methyl sites for hydroxylation is 1. The van der Waals surface area contributed by atoms with Gasteiger partial charge in [0.15, 0.2) is 5.16 Å². The van der Waals surface area contributed by atoms with Gasteiger partial charge in [-0.1, -0.05) is 30.3 Å². The van der Waals surface area contributed by atoms with Gasteiger partial charge in [-0.25, -0.2) is 4.98 Å². The number of benzene rings is 1. The summed E-state index contributed by atoms with van der Waals surface area (Å²) in [5.74, 6) is 1.47. The van der Waals surface area contributed by atoms with Gasteiger partial charge in [0.05, 0.1) is 5.69 Å². The Balaban J connectivity index is 1.55. The molecular weight excluding hydrogens is 282 g/mol. The minimum Gasteiger partial charge on any atom is -0.326 e. The number of imidazole rings is 1. The summed E-state index contributed by atoms with van der Waals surface area (Å²) in [4.78, 5) is 16.7. The van der Waals surface area contributed by atoms with Crippen LogP contribution in [0.4, 0.5) is 5.69 Å². The molecule has 1 saturated carbocycles. The number of aromatic nitrogens is 2. The molecular formula is C16H17N3OS. The monoisotopic (exact) mass is 299 g/mol. The first-order valence-electron chi connectivity index (χ1n) is 7.41. The summed E-state index contributed by atoms with van der Waals surface area (Å²) >= 11 is 1.79. The molecule has 21 heavy (non-hydrogen) atoms. The van der Waals surface area contributed by atoms with Crippen LogP contribution in [0.5, 0.6) is 0 Å². The Hall–Kier alpha value is -1.75. The van der Waals surface area contributed by atoms with Gasteiger partial charge in [0.2, 0.25) is 5.91 Å². The van der Waals surface area contributed by atoms with Gasteiger partial charge in [0.25, 0.3) is 0 Å². The lowest BCUT2D eigenvalue weighted by Crippen LogP contribution is -2.27. The SMILES string of the molecule is O=C(Nc1cccc(-c2cn3c(n2)SCC3)c1)C1CCC1. The van der Waals surface area contributed by atoms with E-state index in [1.165, 1.54) is 6.42 Å².